The summed E-state index contributed by atoms with van der Waals surface area (Å²) in [5, 5.41) is 5.92. The van der Waals surface area contributed by atoms with E-state index in [1.54, 1.807) is 24.8 Å². The van der Waals surface area contributed by atoms with Crippen LogP contribution in [0.3, 0.4) is 0 Å². The quantitative estimate of drug-likeness (QED) is 0.515. The van der Waals surface area contributed by atoms with Crippen molar-refractivity contribution in [1.29, 1.82) is 0 Å². The largest absolute Gasteiger partial charge is 0.488 e. The van der Waals surface area contributed by atoms with Crippen LogP contribution in [0.1, 0.15) is 55.7 Å². The van der Waals surface area contributed by atoms with Crippen LogP contribution in [0.2, 0.25) is 0 Å². The summed E-state index contributed by atoms with van der Waals surface area (Å²) in [4.78, 5) is 27.8. The highest BCUT2D eigenvalue weighted by Crippen LogP contribution is 2.43. The molecule has 0 saturated carbocycles. The molecule has 3 saturated heterocycles. The van der Waals surface area contributed by atoms with E-state index in [1.807, 2.05) is 0 Å². The maximum atomic E-state index is 14.3. The fraction of sp³-hybridized carbons (Fsp3) is 0.517. The lowest BCUT2D eigenvalue weighted by Crippen LogP contribution is -2.66. The number of hydrogen-bond donors (Lipinski definition) is 2. The van der Waals surface area contributed by atoms with Gasteiger partial charge in [0.1, 0.15) is 17.7 Å². The van der Waals surface area contributed by atoms with E-state index >= 15 is 0 Å². The summed E-state index contributed by atoms with van der Waals surface area (Å²) in [5.74, 6) is -0.582. The van der Waals surface area contributed by atoms with Gasteiger partial charge in [-0.05, 0) is 44.4 Å². The number of nitrogens with zero attached hydrogens (tertiary/aromatic N) is 1. The summed E-state index contributed by atoms with van der Waals surface area (Å²) in [5.41, 5.74) is -1.68. The van der Waals surface area contributed by atoms with Crippen molar-refractivity contribution in [1.82, 2.24) is 15.5 Å². The van der Waals surface area contributed by atoms with E-state index in [2.05, 4.69) is 10.6 Å². The van der Waals surface area contributed by atoms with E-state index in [4.69, 9.17) is 9.47 Å². The Bertz CT molecular complexity index is 1270. The van der Waals surface area contributed by atoms with Gasteiger partial charge in [-0.15, -0.1) is 0 Å². The van der Waals surface area contributed by atoms with Crippen molar-refractivity contribution >= 4 is 11.9 Å². The molecular weight excluding hydrogens is 530 g/mol. The first-order valence-corrected chi connectivity index (χ1v) is 13.5. The molecular formula is C29H33F4N3O4. The second-order valence-electron chi connectivity index (χ2n) is 11.3. The predicted octanol–water partition coefficient (Wildman–Crippen LogP) is 4.75. The first-order valence-electron chi connectivity index (χ1n) is 13.5. The normalized spacial score (nSPS) is 23.1. The van der Waals surface area contributed by atoms with Crippen LogP contribution >= 0.6 is 0 Å². The van der Waals surface area contributed by atoms with Crippen molar-refractivity contribution in [3.63, 3.8) is 0 Å². The molecule has 2 aromatic carbocycles. The second-order valence-corrected chi connectivity index (χ2v) is 11.3. The third-order valence-corrected chi connectivity index (χ3v) is 8.42. The van der Waals surface area contributed by atoms with E-state index in [-0.39, 0.29) is 29.5 Å². The number of amides is 3. The molecule has 3 heterocycles. The number of alkyl halides is 3. The van der Waals surface area contributed by atoms with Crippen molar-refractivity contribution in [3.05, 3.63) is 65.0 Å². The lowest BCUT2D eigenvalue weighted by molar-refractivity contribution is -0.140. The minimum atomic E-state index is -4.51. The van der Waals surface area contributed by atoms with Gasteiger partial charge in [0, 0.05) is 43.6 Å². The summed E-state index contributed by atoms with van der Waals surface area (Å²) in [7, 11) is 0. The summed E-state index contributed by atoms with van der Waals surface area (Å²) in [6.45, 7) is 5.13. The molecule has 2 aromatic rings. The highest BCUT2D eigenvalue weighted by Gasteiger charge is 2.49. The lowest BCUT2D eigenvalue weighted by Gasteiger charge is -2.50. The molecule has 7 nitrogen and oxygen atoms in total. The maximum Gasteiger partial charge on any atom is 0.416 e. The highest BCUT2D eigenvalue weighted by atomic mass is 19.4. The monoisotopic (exact) mass is 563 g/mol. The number of carbonyl (C=O) groups is 2. The number of likely N-dealkylation sites (tertiary alicyclic amines) is 1. The topological polar surface area (TPSA) is 79.9 Å². The maximum absolute atomic E-state index is 14.3. The van der Waals surface area contributed by atoms with Gasteiger partial charge in [0.2, 0.25) is 5.91 Å². The van der Waals surface area contributed by atoms with Crippen LogP contribution in [0.5, 0.6) is 5.75 Å². The summed E-state index contributed by atoms with van der Waals surface area (Å²) < 4.78 is 65.8. The fourth-order valence-electron chi connectivity index (χ4n) is 6.02. The number of piperidine rings is 1. The number of urea groups is 1. The Kier molecular flexibility index (Phi) is 7.45. The molecule has 1 spiro atoms. The zero-order chi connectivity index (χ0) is 28.7. The fourth-order valence-corrected chi connectivity index (χ4v) is 6.02. The molecule has 3 amide bonds. The van der Waals surface area contributed by atoms with Gasteiger partial charge in [-0.25, -0.2) is 9.18 Å². The van der Waals surface area contributed by atoms with Crippen LogP contribution in [0.4, 0.5) is 22.4 Å². The number of carbonyl (C=O) groups excluding carboxylic acids is 2. The second kappa shape index (κ2) is 10.6. The molecule has 3 aliphatic rings. The molecule has 0 unspecified atom stereocenters. The van der Waals surface area contributed by atoms with Gasteiger partial charge >= 0.3 is 12.2 Å². The van der Waals surface area contributed by atoms with E-state index in [9.17, 15) is 27.2 Å². The van der Waals surface area contributed by atoms with Crippen molar-refractivity contribution in [2.75, 3.05) is 32.8 Å². The molecule has 0 radical (unpaired) electrons. The number of ether oxygens (including phenoxy) is 2. The molecule has 216 valence electrons. The van der Waals surface area contributed by atoms with Crippen LogP contribution in [0.25, 0.3) is 0 Å². The van der Waals surface area contributed by atoms with Crippen LogP contribution < -0.4 is 15.4 Å². The molecule has 11 heteroatoms. The van der Waals surface area contributed by atoms with Crippen LogP contribution in [0.15, 0.2) is 42.5 Å². The van der Waals surface area contributed by atoms with Gasteiger partial charge in [0.15, 0.2) is 0 Å². The first-order chi connectivity index (χ1) is 18.9. The Morgan fingerprint density at radius 2 is 1.82 bits per heavy atom. The smallest absolute Gasteiger partial charge is 0.416 e. The van der Waals surface area contributed by atoms with Gasteiger partial charge < -0.3 is 25.0 Å². The molecule has 5 rings (SSSR count). The number of rotatable bonds is 5. The Balaban J connectivity index is 1.37. The minimum Gasteiger partial charge on any atom is -0.488 e. The first kappa shape index (κ1) is 28.2. The van der Waals surface area contributed by atoms with E-state index in [0.717, 1.165) is 17.7 Å². The van der Waals surface area contributed by atoms with Crippen LogP contribution in [-0.2, 0) is 21.1 Å². The molecule has 0 aliphatic carbocycles. The standard InChI is InChI=1S/C29H33F4N3O4/c1-27(2,18-4-3-5-19(14-18)29(31,32)33)25(37)36-11-9-28(10-12-36)23(16-34-26(38)35-28)22-7-6-20(30)15-24(22)40-21-8-13-39-17-21/h3-7,14-15,21,23H,8-13,16-17H2,1-2H3,(H2,34,35,38)/t21-,23+/m1/s1. The van der Waals surface area contributed by atoms with Gasteiger partial charge in [-0.3, -0.25) is 4.79 Å². The lowest BCUT2D eigenvalue weighted by atomic mass is 9.71. The van der Waals surface area contributed by atoms with Crippen molar-refractivity contribution < 1.29 is 36.6 Å². The molecule has 0 aromatic heterocycles. The van der Waals surface area contributed by atoms with Crippen molar-refractivity contribution in [3.8, 4) is 5.75 Å². The Hall–Kier alpha value is -3.34. The Morgan fingerprint density at radius 3 is 2.50 bits per heavy atom. The molecule has 3 fully saturated rings. The van der Waals surface area contributed by atoms with E-state index < -0.39 is 28.5 Å². The van der Waals surface area contributed by atoms with Gasteiger partial charge in [-0.2, -0.15) is 13.2 Å². The number of nitrogens with one attached hydrogen (secondary N) is 2. The summed E-state index contributed by atoms with van der Waals surface area (Å²) in [6.07, 6.45) is -3.18. The molecule has 0 bridgehead atoms. The number of benzene rings is 2. The van der Waals surface area contributed by atoms with Crippen molar-refractivity contribution in [2.45, 2.75) is 62.3 Å². The summed E-state index contributed by atoms with van der Waals surface area (Å²) >= 11 is 0. The average molecular weight is 564 g/mol. The zero-order valence-corrected chi connectivity index (χ0v) is 22.4. The van der Waals surface area contributed by atoms with Crippen molar-refractivity contribution in [2.24, 2.45) is 0 Å². The summed E-state index contributed by atoms with van der Waals surface area (Å²) in [6, 6.07) is 8.94. The molecule has 3 aliphatic heterocycles. The Morgan fingerprint density at radius 1 is 1.10 bits per heavy atom. The Labute approximate surface area is 230 Å². The van der Waals surface area contributed by atoms with Gasteiger partial charge in [-0.1, -0.05) is 24.3 Å². The highest BCUT2D eigenvalue weighted by molar-refractivity contribution is 5.87. The van der Waals surface area contributed by atoms with Crippen LogP contribution in [-0.4, -0.2) is 61.3 Å². The SMILES string of the molecule is CC(C)(C(=O)N1CCC2(CC1)NC(=O)NC[C@H]2c1ccc(F)cc1O[C@@H]1CCOC1)c1cccc(C(F)(F)F)c1. The minimum absolute atomic E-state index is 0.194. The van der Waals surface area contributed by atoms with Gasteiger partial charge in [0.05, 0.1) is 29.7 Å². The van der Waals surface area contributed by atoms with E-state index in [1.165, 1.54) is 24.3 Å². The molecule has 2 atom stereocenters. The van der Waals surface area contributed by atoms with E-state index in [0.29, 0.717) is 57.9 Å². The predicted molar refractivity (Wildman–Crippen MR) is 139 cm³/mol. The third-order valence-electron chi connectivity index (χ3n) is 8.42. The van der Waals surface area contributed by atoms with Gasteiger partial charge in [0.25, 0.3) is 0 Å². The third kappa shape index (κ3) is 5.48. The number of halogens is 4. The number of hydrogen-bond acceptors (Lipinski definition) is 4. The molecule has 2 N–H and O–H groups in total. The molecule has 40 heavy (non-hydrogen) atoms. The van der Waals surface area contributed by atoms with Crippen LogP contribution in [0, 0.1) is 5.82 Å². The average Bonchev–Trinajstić information content (AvgIpc) is 3.42. The zero-order valence-electron chi connectivity index (χ0n) is 22.4.